The number of fused-ring (bicyclic) bond motifs is 4. The summed E-state index contributed by atoms with van der Waals surface area (Å²) < 4.78 is 33.4. The Morgan fingerprint density at radius 1 is 1.25 bits per heavy atom. The summed E-state index contributed by atoms with van der Waals surface area (Å²) in [5, 5.41) is 12.1. The van der Waals surface area contributed by atoms with E-state index in [1.807, 2.05) is 23.1 Å². The van der Waals surface area contributed by atoms with E-state index in [2.05, 4.69) is 28.1 Å². The molecule has 1 unspecified atom stereocenters. The lowest BCUT2D eigenvalue weighted by Gasteiger charge is -2.19. The number of carbonyl (C=O) groups excluding carboxylic acids is 1. The van der Waals surface area contributed by atoms with Crippen LogP contribution >= 0.6 is 0 Å². The van der Waals surface area contributed by atoms with Gasteiger partial charge >= 0.3 is 12.1 Å². The Labute approximate surface area is 178 Å². The van der Waals surface area contributed by atoms with Crippen LogP contribution in [-0.2, 0) is 4.79 Å². The molecule has 1 amide bonds. The maximum absolute atomic E-state index is 12.9. The van der Waals surface area contributed by atoms with Crippen molar-refractivity contribution in [1.29, 1.82) is 0 Å². The summed E-state index contributed by atoms with van der Waals surface area (Å²) >= 11 is 0. The van der Waals surface area contributed by atoms with Crippen LogP contribution in [0, 0.1) is 0 Å². The molecule has 1 saturated heterocycles. The average Bonchev–Trinajstić information content (AvgIpc) is 3.43. The normalized spacial score (nSPS) is 18.4. The Morgan fingerprint density at radius 2 is 1.94 bits per heavy atom. The Bertz CT molecular complexity index is 1310. The second-order valence-corrected chi connectivity index (χ2v) is 7.52. The molecule has 5 rings (SSSR count). The minimum Gasteiger partial charge on any atom is -0.475 e. The van der Waals surface area contributed by atoms with E-state index in [9.17, 15) is 22.8 Å². The number of aromatic amines is 1. The van der Waals surface area contributed by atoms with Crippen LogP contribution in [0.4, 0.5) is 13.2 Å². The van der Waals surface area contributed by atoms with Crippen LogP contribution in [0.3, 0.4) is 0 Å². The first-order valence-corrected chi connectivity index (χ1v) is 9.55. The van der Waals surface area contributed by atoms with Crippen molar-refractivity contribution in [2.75, 3.05) is 26.7 Å². The van der Waals surface area contributed by atoms with E-state index in [1.54, 1.807) is 16.6 Å². The first-order chi connectivity index (χ1) is 15.1. The van der Waals surface area contributed by atoms with Crippen molar-refractivity contribution >= 4 is 28.4 Å². The minimum atomic E-state index is -5.08. The maximum atomic E-state index is 12.9. The Kier molecular flexibility index (Phi) is 5.25. The molecule has 2 aliphatic rings. The molecule has 1 aromatic carbocycles. The number of amides is 1. The van der Waals surface area contributed by atoms with E-state index in [1.165, 1.54) is 5.57 Å². The van der Waals surface area contributed by atoms with Crippen LogP contribution in [0.1, 0.15) is 10.5 Å². The molecule has 12 heteroatoms. The van der Waals surface area contributed by atoms with Crippen molar-refractivity contribution < 1.29 is 27.9 Å². The number of hydrogen-bond acceptors (Lipinski definition) is 5. The molecule has 168 valence electrons. The number of nitrogens with zero attached hydrogens (tertiary/aromatic N) is 4. The summed E-state index contributed by atoms with van der Waals surface area (Å²) in [5.41, 5.74) is 2.71. The highest BCUT2D eigenvalue weighted by Crippen LogP contribution is 2.26. The maximum Gasteiger partial charge on any atom is 0.490 e. The van der Waals surface area contributed by atoms with Gasteiger partial charge in [-0.15, -0.1) is 0 Å². The van der Waals surface area contributed by atoms with Crippen molar-refractivity contribution in [3.8, 4) is 0 Å². The Morgan fingerprint density at radius 3 is 2.59 bits per heavy atom. The summed E-state index contributed by atoms with van der Waals surface area (Å²) in [5.74, 6) is -2.86. The molecule has 9 nitrogen and oxygen atoms in total. The largest absolute Gasteiger partial charge is 0.490 e. The number of rotatable bonds is 1. The molecule has 2 aliphatic heterocycles. The number of halogens is 3. The SMILES string of the molecule is CN1CC=C2CN(C(=O)c3cc4[nH]c(=O)c5ccccc5n4n3)CC21.O=C(O)C(F)(F)F. The van der Waals surface area contributed by atoms with Gasteiger partial charge in [0.15, 0.2) is 5.69 Å². The van der Waals surface area contributed by atoms with Crippen LogP contribution in [0.2, 0.25) is 0 Å². The molecule has 0 spiro atoms. The molecular weight excluding hydrogens is 431 g/mol. The third-order valence-electron chi connectivity index (χ3n) is 5.44. The number of aromatic nitrogens is 3. The molecule has 2 N–H and O–H groups in total. The summed E-state index contributed by atoms with van der Waals surface area (Å²) in [6, 6.07) is 9.23. The minimum absolute atomic E-state index is 0.0997. The number of hydrogen-bond donors (Lipinski definition) is 2. The fourth-order valence-electron chi connectivity index (χ4n) is 3.84. The third kappa shape index (κ3) is 3.84. The Hall–Kier alpha value is -3.67. The summed E-state index contributed by atoms with van der Waals surface area (Å²) in [4.78, 5) is 40.9. The first kappa shape index (κ1) is 21.6. The van der Waals surface area contributed by atoms with E-state index < -0.39 is 12.1 Å². The molecule has 2 aromatic heterocycles. The molecule has 1 fully saturated rings. The Balaban J connectivity index is 0.000000307. The molecule has 0 aliphatic carbocycles. The van der Waals surface area contributed by atoms with Crippen molar-refractivity contribution in [1.82, 2.24) is 24.4 Å². The van der Waals surface area contributed by atoms with Gasteiger partial charge in [0, 0.05) is 25.7 Å². The number of likely N-dealkylation sites (N-methyl/N-ethyl adjacent to an activating group) is 1. The van der Waals surface area contributed by atoms with Gasteiger partial charge in [-0.2, -0.15) is 18.3 Å². The number of nitrogens with one attached hydrogen (secondary N) is 1. The van der Waals surface area contributed by atoms with Gasteiger partial charge in [0.1, 0.15) is 5.65 Å². The highest BCUT2D eigenvalue weighted by atomic mass is 19.4. The van der Waals surface area contributed by atoms with Gasteiger partial charge < -0.3 is 15.0 Å². The predicted molar refractivity (Wildman–Crippen MR) is 107 cm³/mol. The molecule has 0 radical (unpaired) electrons. The smallest absolute Gasteiger partial charge is 0.475 e. The van der Waals surface area contributed by atoms with Gasteiger partial charge in [0.25, 0.3) is 11.5 Å². The molecule has 32 heavy (non-hydrogen) atoms. The lowest BCUT2D eigenvalue weighted by molar-refractivity contribution is -0.192. The number of carbonyl (C=O) groups is 2. The number of likely N-dealkylation sites (tertiary alicyclic amines) is 1. The van der Waals surface area contributed by atoms with Crippen molar-refractivity contribution in [3.05, 3.63) is 58.0 Å². The highest BCUT2D eigenvalue weighted by Gasteiger charge is 2.38. The van der Waals surface area contributed by atoms with Gasteiger partial charge in [0.2, 0.25) is 0 Å². The number of alkyl halides is 3. The van der Waals surface area contributed by atoms with Crippen LogP contribution in [0.15, 0.2) is 46.8 Å². The lowest BCUT2D eigenvalue weighted by atomic mass is 10.2. The van der Waals surface area contributed by atoms with Crippen LogP contribution in [0.25, 0.3) is 16.6 Å². The first-order valence-electron chi connectivity index (χ1n) is 9.55. The van der Waals surface area contributed by atoms with Crippen molar-refractivity contribution in [2.45, 2.75) is 12.2 Å². The number of benzene rings is 1. The fourth-order valence-corrected chi connectivity index (χ4v) is 3.84. The number of carboxylic acid groups (broad SMARTS) is 1. The fraction of sp³-hybridized carbons (Fsp3) is 0.300. The molecule has 1 atom stereocenters. The monoisotopic (exact) mass is 449 g/mol. The van der Waals surface area contributed by atoms with E-state index >= 15 is 0 Å². The second-order valence-electron chi connectivity index (χ2n) is 7.52. The van der Waals surface area contributed by atoms with Crippen LogP contribution in [0.5, 0.6) is 0 Å². The summed E-state index contributed by atoms with van der Waals surface area (Å²) in [6.07, 6.45) is -2.88. The van der Waals surface area contributed by atoms with Gasteiger partial charge in [-0.1, -0.05) is 18.2 Å². The molecule has 0 bridgehead atoms. The van der Waals surface area contributed by atoms with Gasteiger partial charge in [-0.3, -0.25) is 14.5 Å². The van der Waals surface area contributed by atoms with E-state index in [-0.39, 0.29) is 11.5 Å². The standard InChI is InChI=1S/C18H17N5O2.C2HF3O2/c1-21-7-6-11-9-22(10-15(11)21)18(25)13-8-16-19-17(24)12-4-2-3-5-14(12)23(16)20-13;3-2(4,5)1(6)7/h2-6,8,15H,7,9-10H2,1H3,(H,19,24);(H,6,7). The van der Waals surface area contributed by atoms with E-state index in [0.717, 1.165) is 6.54 Å². The van der Waals surface area contributed by atoms with E-state index in [0.29, 0.717) is 41.4 Å². The van der Waals surface area contributed by atoms with Gasteiger partial charge in [-0.05, 0) is 24.8 Å². The number of carboxylic acids is 1. The quantitative estimate of drug-likeness (QED) is 0.545. The van der Waals surface area contributed by atoms with Crippen LogP contribution in [-0.4, -0.2) is 80.3 Å². The molecular formula is C20H18F3N5O4. The zero-order valence-corrected chi connectivity index (χ0v) is 16.8. The molecule has 3 aromatic rings. The summed E-state index contributed by atoms with van der Waals surface area (Å²) in [7, 11) is 2.07. The van der Waals surface area contributed by atoms with Gasteiger partial charge in [0.05, 0.1) is 16.9 Å². The van der Waals surface area contributed by atoms with Crippen molar-refractivity contribution in [2.24, 2.45) is 0 Å². The van der Waals surface area contributed by atoms with Crippen LogP contribution < -0.4 is 5.56 Å². The zero-order chi connectivity index (χ0) is 23.2. The number of H-pyrrole nitrogens is 1. The number of para-hydroxylation sites is 1. The van der Waals surface area contributed by atoms with Crippen molar-refractivity contribution in [3.63, 3.8) is 0 Å². The predicted octanol–water partition coefficient (Wildman–Crippen LogP) is 1.51. The highest BCUT2D eigenvalue weighted by molar-refractivity contribution is 5.94. The summed E-state index contributed by atoms with van der Waals surface area (Å²) in [6.45, 7) is 2.29. The third-order valence-corrected chi connectivity index (χ3v) is 5.44. The molecule has 0 saturated carbocycles. The number of aliphatic carboxylic acids is 1. The lowest BCUT2D eigenvalue weighted by Crippen LogP contribution is -2.35. The average molecular weight is 449 g/mol. The van der Waals surface area contributed by atoms with Gasteiger partial charge in [-0.25, -0.2) is 9.31 Å². The topological polar surface area (TPSA) is 111 Å². The second kappa shape index (κ2) is 7.79. The molecule has 4 heterocycles. The van der Waals surface area contributed by atoms with E-state index in [4.69, 9.17) is 9.90 Å². The zero-order valence-electron chi connectivity index (χ0n) is 16.8.